The number of anilines is 2. The van der Waals surface area contributed by atoms with Gasteiger partial charge in [0, 0.05) is 37.1 Å². The minimum absolute atomic E-state index is 0.184. The number of rotatable bonds is 6. The van der Waals surface area contributed by atoms with Crippen LogP contribution in [-0.2, 0) is 10.0 Å². The first-order valence-corrected chi connectivity index (χ1v) is 10.7. The highest BCUT2D eigenvalue weighted by Crippen LogP contribution is 2.25. The first kappa shape index (κ1) is 20.7. The largest absolute Gasteiger partial charge is 0.478 e. The Hall–Kier alpha value is -3.60. The van der Waals surface area contributed by atoms with E-state index in [1.54, 1.807) is 24.5 Å². The van der Waals surface area contributed by atoms with E-state index in [1.165, 1.54) is 12.1 Å². The van der Waals surface area contributed by atoms with Gasteiger partial charge in [-0.2, -0.15) is 0 Å². The summed E-state index contributed by atoms with van der Waals surface area (Å²) in [6, 6.07) is 6.61. The number of halogens is 2. The van der Waals surface area contributed by atoms with E-state index in [1.807, 2.05) is 9.62 Å². The first-order chi connectivity index (χ1) is 14.7. The fourth-order valence-corrected chi connectivity index (χ4v) is 4.03. The Balaban J connectivity index is 1.54. The number of aromatic carboxylic acids is 1. The monoisotopic (exact) mass is 446 g/mol. The van der Waals surface area contributed by atoms with Gasteiger partial charge >= 0.3 is 5.97 Å². The molecule has 1 aliphatic rings. The molecule has 2 aromatic carbocycles. The molecule has 2 heterocycles. The summed E-state index contributed by atoms with van der Waals surface area (Å²) in [6.45, 7) is 1.84. The Labute approximate surface area is 176 Å². The molecule has 1 fully saturated rings. The molecule has 0 saturated carbocycles. The summed E-state index contributed by atoms with van der Waals surface area (Å²) in [7, 11) is -4.24. The standard InChI is InChI=1S/C20H16F2N4O4S/c21-16-9-18(17(22)8-15(16)19(27)28)25-31(29,30)14-4-2-12(3-5-14)13-10-23-20(24-11-13)26-6-1-7-26/h2-5,8-11,25H,1,6-7H2,(H,27,28). The van der Waals surface area contributed by atoms with Gasteiger partial charge in [-0.15, -0.1) is 0 Å². The lowest BCUT2D eigenvalue weighted by molar-refractivity contribution is 0.0691. The van der Waals surface area contributed by atoms with Crippen molar-refractivity contribution >= 4 is 27.6 Å². The number of sulfonamides is 1. The van der Waals surface area contributed by atoms with Crippen LogP contribution in [0.1, 0.15) is 16.8 Å². The van der Waals surface area contributed by atoms with Gasteiger partial charge in [0.15, 0.2) is 0 Å². The first-order valence-electron chi connectivity index (χ1n) is 9.17. The van der Waals surface area contributed by atoms with Crippen molar-refractivity contribution in [3.05, 3.63) is 66.0 Å². The van der Waals surface area contributed by atoms with Crippen molar-refractivity contribution in [2.45, 2.75) is 11.3 Å². The Morgan fingerprint density at radius 3 is 2.19 bits per heavy atom. The van der Waals surface area contributed by atoms with Gasteiger partial charge in [0.2, 0.25) is 5.95 Å². The minimum atomic E-state index is -4.24. The van der Waals surface area contributed by atoms with Gasteiger partial charge in [-0.25, -0.2) is 32.0 Å². The summed E-state index contributed by atoms with van der Waals surface area (Å²) in [4.78, 5) is 21.3. The average molecular weight is 446 g/mol. The normalized spacial score (nSPS) is 13.5. The predicted octanol–water partition coefficient (Wildman–Crippen LogP) is 3.13. The number of aromatic nitrogens is 2. The number of carboxylic acids is 1. The summed E-state index contributed by atoms with van der Waals surface area (Å²) < 4.78 is 54.9. The fraction of sp³-hybridized carbons (Fsp3) is 0.150. The Kier molecular flexibility index (Phi) is 5.27. The van der Waals surface area contributed by atoms with Crippen LogP contribution in [-0.4, -0.2) is 42.6 Å². The minimum Gasteiger partial charge on any atom is -0.478 e. The maximum atomic E-state index is 14.1. The molecule has 3 aromatic rings. The number of hydrogen-bond acceptors (Lipinski definition) is 6. The second-order valence-corrected chi connectivity index (χ2v) is 8.54. The SMILES string of the molecule is O=C(O)c1cc(F)c(NS(=O)(=O)c2ccc(-c3cnc(N4CCC4)nc3)cc2)cc1F. The molecule has 0 spiro atoms. The molecular formula is C20H16F2N4O4S. The second-order valence-electron chi connectivity index (χ2n) is 6.86. The number of nitrogens with one attached hydrogen (secondary N) is 1. The van der Waals surface area contributed by atoms with Crippen molar-refractivity contribution in [1.29, 1.82) is 0 Å². The molecule has 0 radical (unpaired) electrons. The Morgan fingerprint density at radius 2 is 1.65 bits per heavy atom. The summed E-state index contributed by atoms with van der Waals surface area (Å²) in [5.41, 5.74) is -0.218. The quantitative estimate of drug-likeness (QED) is 0.598. The van der Waals surface area contributed by atoms with Gasteiger partial charge in [-0.3, -0.25) is 4.72 Å². The summed E-state index contributed by atoms with van der Waals surface area (Å²) in [6.07, 6.45) is 4.39. The van der Waals surface area contributed by atoms with Crippen molar-refractivity contribution in [3.8, 4) is 11.1 Å². The number of carboxylic acid groups (broad SMARTS) is 1. The number of carbonyl (C=O) groups is 1. The molecular weight excluding hydrogens is 430 g/mol. The van der Waals surface area contributed by atoms with E-state index in [-0.39, 0.29) is 4.90 Å². The molecule has 11 heteroatoms. The number of hydrogen-bond donors (Lipinski definition) is 2. The lowest BCUT2D eigenvalue weighted by Gasteiger charge is -2.30. The fourth-order valence-electron chi connectivity index (χ4n) is 2.97. The molecule has 8 nitrogen and oxygen atoms in total. The van der Waals surface area contributed by atoms with E-state index >= 15 is 0 Å². The highest BCUT2D eigenvalue weighted by atomic mass is 32.2. The van der Waals surface area contributed by atoms with E-state index < -0.39 is 38.9 Å². The third-order valence-corrected chi connectivity index (χ3v) is 6.19. The van der Waals surface area contributed by atoms with Crippen molar-refractivity contribution in [2.75, 3.05) is 22.7 Å². The molecule has 1 saturated heterocycles. The zero-order valence-electron chi connectivity index (χ0n) is 15.9. The van der Waals surface area contributed by atoms with Crippen LogP contribution in [0.15, 0.2) is 53.7 Å². The molecule has 160 valence electrons. The maximum absolute atomic E-state index is 14.1. The van der Waals surface area contributed by atoms with Gasteiger partial charge in [0.1, 0.15) is 11.6 Å². The third-order valence-electron chi connectivity index (χ3n) is 4.81. The third kappa shape index (κ3) is 4.17. The summed E-state index contributed by atoms with van der Waals surface area (Å²) in [5, 5.41) is 8.81. The lowest BCUT2D eigenvalue weighted by Crippen LogP contribution is -2.38. The zero-order valence-corrected chi connectivity index (χ0v) is 16.7. The topological polar surface area (TPSA) is 112 Å². The molecule has 0 unspecified atom stereocenters. The van der Waals surface area contributed by atoms with Crippen molar-refractivity contribution < 1.29 is 27.1 Å². The Bertz CT molecular complexity index is 1250. The molecule has 4 rings (SSSR count). The van der Waals surface area contributed by atoms with Gasteiger partial charge in [-0.05, 0) is 30.2 Å². The molecule has 0 aliphatic carbocycles. The molecule has 0 bridgehead atoms. The van der Waals surface area contributed by atoms with Crippen LogP contribution in [0.2, 0.25) is 0 Å². The van der Waals surface area contributed by atoms with Gasteiger partial charge in [0.05, 0.1) is 16.1 Å². The van der Waals surface area contributed by atoms with Crippen LogP contribution in [0.4, 0.5) is 20.4 Å². The number of nitrogens with zero attached hydrogens (tertiary/aromatic N) is 3. The zero-order chi connectivity index (χ0) is 22.2. The molecule has 1 aromatic heterocycles. The predicted molar refractivity (Wildman–Crippen MR) is 108 cm³/mol. The maximum Gasteiger partial charge on any atom is 0.338 e. The van der Waals surface area contributed by atoms with Crippen LogP contribution in [0.25, 0.3) is 11.1 Å². The van der Waals surface area contributed by atoms with Crippen LogP contribution in [0.5, 0.6) is 0 Å². The van der Waals surface area contributed by atoms with Gasteiger partial charge < -0.3 is 10.0 Å². The molecule has 1 aliphatic heterocycles. The van der Waals surface area contributed by atoms with Gasteiger partial charge in [0.25, 0.3) is 10.0 Å². The second kappa shape index (κ2) is 7.91. The highest BCUT2D eigenvalue weighted by molar-refractivity contribution is 7.92. The Morgan fingerprint density at radius 1 is 1.00 bits per heavy atom. The number of benzene rings is 2. The van der Waals surface area contributed by atoms with Crippen LogP contribution in [0.3, 0.4) is 0 Å². The highest BCUT2D eigenvalue weighted by Gasteiger charge is 2.21. The van der Waals surface area contributed by atoms with Crippen LogP contribution < -0.4 is 9.62 Å². The van der Waals surface area contributed by atoms with Crippen LogP contribution >= 0.6 is 0 Å². The summed E-state index contributed by atoms with van der Waals surface area (Å²) >= 11 is 0. The molecule has 0 atom stereocenters. The van der Waals surface area contributed by atoms with E-state index in [9.17, 15) is 22.0 Å². The molecule has 0 amide bonds. The lowest BCUT2D eigenvalue weighted by atomic mass is 10.1. The molecule has 2 N–H and O–H groups in total. The summed E-state index contributed by atoms with van der Waals surface area (Å²) in [5.74, 6) is -3.49. The van der Waals surface area contributed by atoms with E-state index in [0.29, 0.717) is 29.2 Å². The van der Waals surface area contributed by atoms with Crippen molar-refractivity contribution in [1.82, 2.24) is 9.97 Å². The van der Waals surface area contributed by atoms with Crippen molar-refractivity contribution in [2.24, 2.45) is 0 Å². The van der Waals surface area contributed by atoms with Gasteiger partial charge in [-0.1, -0.05) is 12.1 Å². The van der Waals surface area contributed by atoms with E-state index in [2.05, 4.69) is 9.97 Å². The smallest absolute Gasteiger partial charge is 0.338 e. The van der Waals surface area contributed by atoms with Crippen LogP contribution in [0, 0.1) is 11.6 Å². The van der Waals surface area contributed by atoms with E-state index in [0.717, 1.165) is 19.5 Å². The van der Waals surface area contributed by atoms with E-state index in [4.69, 9.17) is 5.11 Å². The molecule has 31 heavy (non-hydrogen) atoms. The van der Waals surface area contributed by atoms with Crippen molar-refractivity contribution in [3.63, 3.8) is 0 Å². The average Bonchev–Trinajstić information content (AvgIpc) is 2.69.